The topological polar surface area (TPSA) is 151 Å². The van der Waals surface area contributed by atoms with Crippen molar-refractivity contribution in [2.45, 2.75) is 39.9 Å². The van der Waals surface area contributed by atoms with Gasteiger partial charge in [0.05, 0.1) is 12.2 Å². The molecule has 0 bridgehead atoms. The highest BCUT2D eigenvalue weighted by Gasteiger charge is 2.25. The lowest BCUT2D eigenvalue weighted by atomic mass is 10.3. The number of hydrogen-bond acceptors (Lipinski definition) is 6. The molecule has 0 spiro atoms. The molecule has 0 unspecified atom stereocenters. The van der Waals surface area contributed by atoms with Gasteiger partial charge in [-0.3, -0.25) is 10.6 Å². The minimum absolute atomic E-state index is 0.554. The number of hydrogen-bond donors (Lipinski definition) is 4. The van der Waals surface area contributed by atoms with Gasteiger partial charge in [-0.15, -0.1) is 0 Å². The second kappa shape index (κ2) is 8.49. The zero-order valence-electron chi connectivity index (χ0n) is 12.5. The predicted octanol–water partition coefficient (Wildman–Crippen LogP) is 0.636. The van der Waals surface area contributed by atoms with Crippen molar-refractivity contribution < 1.29 is 38.9 Å². The van der Waals surface area contributed by atoms with E-state index in [9.17, 15) is 19.2 Å². The minimum Gasteiger partial charge on any atom is -0.477 e. The summed E-state index contributed by atoms with van der Waals surface area (Å²) in [7, 11) is 0. The standard InChI is InChI=1S/C12H18N2O8/c1-5(2)21-11(19)13-7(9(15)16)8(10(17)18)14-12(20)22-6(3)4/h5-6H,1-4H3,(H,13,19)(H,14,20)(H,15,16)(H,17,18). The molecular weight excluding hydrogens is 300 g/mol. The third kappa shape index (κ3) is 7.12. The van der Waals surface area contributed by atoms with Crippen LogP contribution in [0.5, 0.6) is 0 Å². The third-order valence-corrected chi connectivity index (χ3v) is 1.82. The molecule has 10 heteroatoms. The number of alkyl carbamates (subject to hydrolysis) is 2. The Morgan fingerprint density at radius 2 is 1.00 bits per heavy atom. The molecule has 0 aromatic rings. The maximum Gasteiger partial charge on any atom is 0.412 e. The summed E-state index contributed by atoms with van der Waals surface area (Å²) < 4.78 is 9.29. The third-order valence-electron chi connectivity index (χ3n) is 1.82. The van der Waals surface area contributed by atoms with Crippen molar-refractivity contribution in [3.63, 3.8) is 0 Å². The van der Waals surface area contributed by atoms with Gasteiger partial charge in [-0.2, -0.15) is 0 Å². The van der Waals surface area contributed by atoms with E-state index in [0.29, 0.717) is 0 Å². The molecule has 0 rings (SSSR count). The summed E-state index contributed by atoms with van der Waals surface area (Å²) in [5, 5.41) is 21.5. The van der Waals surface area contributed by atoms with Crippen LogP contribution in [-0.4, -0.2) is 46.5 Å². The molecule has 0 aliphatic rings. The molecule has 0 heterocycles. The molecule has 0 aromatic carbocycles. The fourth-order valence-corrected chi connectivity index (χ4v) is 1.14. The van der Waals surface area contributed by atoms with Gasteiger partial charge in [0.1, 0.15) is 0 Å². The van der Waals surface area contributed by atoms with Crippen LogP contribution in [0.4, 0.5) is 9.59 Å². The van der Waals surface area contributed by atoms with Crippen LogP contribution < -0.4 is 10.6 Å². The molecule has 10 nitrogen and oxygen atoms in total. The van der Waals surface area contributed by atoms with Gasteiger partial charge < -0.3 is 19.7 Å². The van der Waals surface area contributed by atoms with E-state index in [2.05, 4.69) is 9.47 Å². The number of carbonyl (C=O) groups is 4. The van der Waals surface area contributed by atoms with Crippen LogP contribution >= 0.6 is 0 Å². The Labute approximate surface area is 126 Å². The lowest BCUT2D eigenvalue weighted by molar-refractivity contribution is -0.136. The minimum atomic E-state index is -1.78. The molecule has 0 saturated heterocycles. The second-order valence-corrected chi connectivity index (χ2v) is 4.52. The SMILES string of the molecule is CC(C)OC(=O)NC(C(=O)O)=C(NC(=O)OC(C)C)C(=O)O. The molecule has 0 saturated carbocycles. The maximum absolute atomic E-state index is 11.4. The number of carboxylic acids is 2. The first-order valence-electron chi connectivity index (χ1n) is 6.20. The highest BCUT2D eigenvalue weighted by molar-refractivity contribution is 6.02. The van der Waals surface area contributed by atoms with E-state index in [1.54, 1.807) is 10.6 Å². The van der Waals surface area contributed by atoms with E-state index in [1.807, 2.05) is 0 Å². The number of carboxylic acid groups (broad SMARTS) is 2. The van der Waals surface area contributed by atoms with E-state index in [-0.39, 0.29) is 0 Å². The Kier molecular flexibility index (Phi) is 7.42. The Balaban J connectivity index is 5.39. The fraction of sp³-hybridized carbons (Fsp3) is 0.500. The van der Waals surface area contributed by atoms with E-state index in [4.69, 9.17) is 10.2 Å². The van der Waals surface area contributed by atoms with Gasteiger partial charge in [0, 0.05) is 0 Å². The Morgan fingerprint density at radius 3 is 1.18 bits per heavy atom. The van der Waals surface area contributed by atoms with Gasteiger partial charge in [0.25, 0.3) is 0 Å². The van der Waals surface area contributed by atoms with E-state index < -0.39 is 47.7 Å². The van der Waals surface area contributed by atoms with Crippen molar-refractivity contribution in [3.8, 4) is 0 Å². The smallest absolute Gasteiger partial charge is 0.412 e. The van der Waals surface area contributed by atoms with Gasteiger partial charge >= 0.3 is 24.1 Å². The van der Waals surface area contributed by atoms with Crippen molar-refractivity contribution in [1.82, 2.24) is 10.6 Å². The largest absolute Gasteiger partial charge is 0.477 e. The first-order valence-corrected chi connectivity index (χ1v) is 6.20. The van der Waals surface area contributed by atoms with Crippen LogP contribution in [0, 0.1) is 0 Å². The Hall–Kier alpha value is -2.78. The Bertz CT molecular complexity index is 451. The summed E-state index contributed by atoms with van der Waals surface area (Å²) >= 11 is 0. The summed E-state index contributed by atoms with van der Waals surface area (Å²) in [5.74, 6) is -3.55. The zero-order valence-corrected chi connectivity index (χ0v) is 12.5. The molecule has 0 fully saturated rings. The normalized spacial score (nSPS) is 11.5. The predicted molar refractivity (Wildman–Crippen MR) is 71.8 cm³/mol. The van der Waals surface area contributed by atoms with Crippen LogP contribution in [0.25, 0.3) is 0 Å². The molecular formula is C12H18N2O8. The summed E-state index contributed by atoms with van der Waals surface area (Å²) in [4.78, 5) is 45.0. The quantitative estimate of drug-likeness (QED) is 0.521. The lowest BCUT2D eigenvalue weighted by Gasteiger charge is -2.14. The summed E-state index contributed by atoms with van der Waals surface area (Å²) in [6.45, 7) is 6.06. The van der Waals surface area contributed by atoms with Gasteiger partial charge in [-0.25, -0.2) is 19.2 Å². The van der Waals surface area contributed by atoms with Crippen molar-refractivity contribution in [2.24, 2.45) is 0 Å². The molecule has 0 aliphatic heterocycles. The van der Waals surface area contributed by atoms with Crippen LogP contribution in [0.2, 0.25) is 0 Å². The van der Waals surface area contributed by atoms with Crippen LogP contribution in [0.1, 0.15) is 27.7 Å². The number of aliphatic carboxylic acids is 2. The Morgan fingerprint density at radius 1 is 0.727 bits per heavy atom. The van der Waals surface area contributed by atoms with Crippen LogP contribution in [0.15, 0.2) is 11.4 Å². The van der Waals surface area contributed by atoms with Gasteiger partial charge in [0.2, 0.25) is 0 Å². The number of ether oxygens (including phenoxy) is 2. The monoisotopic (exact) mass is 318 g/mol. The first-order chi connectivity index (χ1) is 10.0. The van der Waals surface area contributed by atoms with Crippen LogP contribution in [0.3, 0.4) is 0 Å². The van der Waals surface area contributed by atoms with E-state index >= 15 is 0 Å². The highest BCUT2D eigenvalue weighted by Crippen LogP contribution is 2.03. The second-order valence-electron chi connectivity index (χ2n) is 4.52. The average Bonchev–Trinajstić information content (AvgIpc) is 2.30. The zero-order chi connectivity index (χ0) is 17.4. The van der Waals surface area contributed by atoms with E-state index in [1.165, 1.54) is 27.7 Å². The highest BCUT2D eigenvalue weighted by atomic mass is 16.6. The van der Waals surface area contributed by atoms with Crippen LogP contribution in [-0.2, 0) is 19.1 Å². The van der Waals surface area contributed by atoms with Gasteiger partial charge in [-0.05, 0) is 27.7 Å². The van der Waals surface area contributed by atoms with Crippen molar-refractivity contribution in [2.75, 3.05) is 0 Å². The molecule has 2 amide bonds. The van der Waals surface area contributed by atoms with Crippen molar-refractivity contribution in [1.29, 1.82) is 0 Å². The number of amides is 2. The molecule has 4 N–H and O–H groups in total. The van der Waals surface area contributed by atoms with Gasteiger partial charge in [-0.1, -0.05) is 0 Å². The molecule has 22 heavy (non-hydrogen) atoms. The molecule has 0 aliphatic carbocycles. The maximum atomic E-state index is 11.4. The van der Waals surface area contributed by atoms with Gasteiger partial charge in [0.15, 0.2) is 11.4 Å². The number of rotatable bonds is 6. The molecule has 0 radical (unpaired) electrons. The molecule has 0 atom stereocenters. The van der Waals surface area contributed by atoms with E-state index in [0.717, 1.165) is 0 Å². The average molecular weight is 318 g/mol. The first kappa shape index (κ1) is 19.2. The fourth-order valence-electron chi connectivity index (χ4n) is 1.14. The summed E-state index contributed by atoms with van der Waals surface area (Å²) in [6.07, 6.45) is -3.46. The summed E-state index contributed by atoms with van der Waals surface area (Å²) in [6, 6.07) is 0. The summed E-state index contributed by atoms with van der Waals surface area (Å²) in [5.41, 5.74) is -2.11. The molecule has 124 valence electrons. The number of nitrogens with one attached hydrogen (secondary N) is 2. The van der Waals surface area contributed by atoms with Crippen molar-refractivity contribution in [3.05, 3.63) is 11.4 Å². The lowest BCUT2D eigenvalue weighted by Crippen LogP contribution is -2.38. The molecule has 0 aromatic heterocycles. The number of carbonyl (C=O) groups excluding carboxylic acids is 2. The van der Waals surface area contributed by atoms with Crippen molar-refractivity contribution >= 4 is 24.1 Å².